The maximum Gasteiger partial charge on any atom is 0.418 e. The van der Waals surface area contributed by atoms with Crippen molar-refractivity contribution in [1.82, 2.24) is 25.1 Å². The van der Waals surface area contributed by atoms with Crippen LogP contribution in [-0.2, 0) is 30.3 Å². The van der Waals surface area contributed by atoms with Gasteiger partial charge in [0, 0.05) is 25.6 Å². The molecule has 1 aromatic rings. The largest absolute Gasteiger partial charge is 0.452 e. The normalized spacial score (nSPS) is 21.8. The maximum atomic E-state index is 13.2. The standard InChI is InChI=1S/C18H24N6O6/c1-30-18(29)23-8-10(20-9-23)7-12(22-16(27)11-4-5-14(25)21-11)17(28)24-6-2-3-13(24)15(19)26/h8-9,11-13H,2-7H2,1H3,(H2,19,26)(H,21,25)(H,22,27). The first kappa shape index (κ1) is 21.3. The number of aromatic nitrogens is 2. The van der Waals surface area contributed by atoms with Crippen molar-refractivity contribution in [2.45, 2.75) is 50.2 Å². The molecule has 4 amide bonds. The summed E-state index contributed by atoms with van der Waals surface area (Å²) >= 11 is 0. The highest BCUT2D eigenvalue weighted by atomic mass is 16.5. The molecule has 12 heteroatoms. The summed E-state index contributed by atoms with van der Waals surface area (Å²) in [6, 6.07) is -2.52. The second kappa shape index (κ2) is 8.93. The lowest BCUT2D eigenvalue weighted by Crippen LogP contribution is -2.56. The van der Waals surface area contributed by atoms with Gasteiger partial charge in [0.25, 0.3) is 0 Å². The van der Waals surface area contributed by atoms with Gasteiger partial charge in [-0.3, -0.25) is 19.2 Å². The fourth-order valence-corrected chi connectivity index (χ4v) is 3.69. The molecule has 2 saturated heterocycles. The zero-order valence-electron chi connectivity index (χ0n) is 16.5. The van der Waals surface area contributed by atoms with E-state index in [9.17, 15) is 24.0 Å². The Labute approximate surface area is 172 Å². The van der Waals surface area contributed by atoms with E-state index < -0.39 is 41.9 Å². The third-order valence-electron chi connectivity index (χ3n) is 5.23. The molecular weight excluding hydrogens is 396 g/mol. The molecular formula is C18H24N6O6. The molecule has 3 atom stereocenters. The topological polar surface area (TPSA) is 166 Å². The van der Waals surface area contributed by atoms with Crippen molar-refractivity contribution in [3.63, 3.8) is 0 Å². The lowest BCUT2D eigenvalue weighted by Gasteiger charge is -2.28. The van der Waals surface area contributed by atoms with Gasteiger partial charge in [0.1, 0.15) is 24.5 Å². The Kier molecular flexibility index (Phi) is 6.33. The van der Waals surface area contributed by atoms with Gasteiger partial charge in [0.2, 0.25) is 23.6 Å². The van der Waals surface area contributed by atoms with E-state index in [-0.39, 0.29) is 18.7 Å². The Morgan fingerprint density at radius 1 is 1.37 bits per heavy atom. The van der Waals surface area contributed by atoms with Gasteiger partial charge in [0.05, 0.1) is 12.8 Å². The number of nitrogens with two attached hydrogens (primary N) is 1. The highest BCUT2D eigenvalue weighted by Crippen LogP contribution is 2.19. The monoisotopic (exact) mass is 420 g/mol. The molecule has 2 aliphatic heterocycles. The summed E-state index contributed by atoms with van der Waals surface area (Å²) in [4.78, 5) is 65.9. The third kappa shape index (κ3) is 4.58. The molecule has 2 fully saturated rings. The molecule has 0 aromatic carbocycles. The summed E-state index contributed by atoms with van der Waals surface area (Å²) in [6.45, 7) is 0.343. The molecule has 0 saturated carbocycles. The number of hydrogen-bond acceptors (Lipinski definition) is 7. The molecule has 2 aliphatic rings. The van der Waals surface area contributed by atoms with E-state index in [4.69, 9.17) is 5.73 Å². The Hall–Kier alpha value is -3.44. The van der Waals surface area contributed by atoms with Crippen molar-refractivity contribution in [2.24, 2.45) is 5.73 Å². The molecule has 1 aromatic heterocycles. The summed E-state index contributed by atoms with van der Waals surface area (Å²) in [5, 5.41) is 5.21. The van der Waals surface area contributed by atoms with Gasteiger partial charge in [0.15, 0.2) is 0 Å². The van der Waals surface area contributed by atoms with E-state index in [1.54, 1.807) is 0 Å². The smallest absolute Gasteiger partial charge is 0.418 e. The van der Waals surface area contributed by atoms with Crippen LogP contribution in [-0.4, -0.2) is 76.0 Å². The van der Waals surface area contributed by atoms with Crippen LogP contribution in [0.1, 0.15) is 31.4 Å². The molecule has 3 heterocycles. The van der Waals surface area contributed by atoms with Crippen molar-refractivity contribution in [3.05, 3.63) is 18.2 Å². The van der Waals surface area contributed by atoms with E-state index >= 15 is 0 Å². The van der Waals surface area contributed by atoms with Gasteiger partial charge >= 0.3 is 6.09 Å². The number of imidazole rings is 1. The predicted octanol–water partition coefficient (Wildman–Crippen LogP) is -1.72. The highest BCUT2D eigenvalue weighted by Gasteiger charge is 2.38. The first-order valence-electron chi connectivity index (χ1n) is 9.61. The van der Waals surface area contributed by atoms with Crippen molar-refractivity contribution >= 4 is 29.7 Å². The minimum Gasteiger partial charge on any atom is -0.452 e. The number of likely N-dealkylation sites (tertiary alicyclic amines) is 1. The van der Waals surface area contributed by atoms with Crippen LogP contribution in [0.5, 0.6) is 0 Å². The number of methoxy groups -OCH3 is 1. The number of carbonyl (C=O) groups excluding carboxylic acids is 5. The molecule has 3 unspecified atom stereocenters. The van der Waals surface area contributed by atoms with Crippen molar-refractivity contribution in [3.8, 4) is 0 Å². The summed E-state index contributed by atoms with van der Waals surface area (Å²) in [5.74, 6) is -1.81. The molecule has 30 heavy (non-hydrogen) atoms. The number of carbonyl (C=O) groups is 5. The fourth-order valence-electron chi connectivity index (χ4n) is 3.69. The second-order valence-electron chi connectivity index (χ2n) is 7.26. The third-order valence-corrected chi connectivity index (χ3v) is 5.23. The van der Waals surface area contributed by atoms with Crippen molar-refractivity contribution < 1.29 is 28.7 Å². The van der Waals surface area contributed by atoms with Gasteiger partial charge in [-0.15, -0.1) is 0 Å². The van der Waals surface area contributed by atoms with Gasteiger partial charge in [-0.05, 0) is 19.3 Å². The first-order chi connectivity index (χ1) is 14.3. The zero-order chi connectivity index (χ0) is 21.8. The predicted molar refractivity (Wildman–Crippen MR) is 101 cm³/mol. The Morgan fingerprint density at radius 2 is 2.13 bits per heavy atom. The van der Waals surface area contributed by atoms with E-state index in [0.29, 0.717) is 31.5 Å². The quantitative estimate of drug-likeness (QED) is 0.492. The molecule has 0 aliphatic carbocycles. The van der Waals surface area contributed by atoms with Crippen LogP contribution in [0.4, 0.5) is 4.79 Å². The van der Waals surface area contributed by atoms with Crippen LogP contribution >= 0.6 is 0 Å². The van der Waals surface area contributed by atoms with Crippen LogP contribution in [0.25, 0.3) is 0 Å². The zero-order valence-corrected chi connectivity index (χ0v) is 16.5. The van der Waals surface area contributed by atoms with Gasteiger partial charge < -0.3 is 26.0 Å². The number of ether oxygens (including phenoxy) is 1. The van der Waals surface area contributed by atoms with Gasteiger partial charge in [-0.2, -0.15) is 0 Å². The van der Waals surface area contributed by atoms with Crippen molar-refractivity contribution in [2.75, 3.05) is 13.7 Å². The lowest BCUT2D eigenvalue weighted by molar-refractivity contribution is -0.140. The van der Waals surface area contributed by atoms with Crippen LogP contribution in [0.2, 0.25) is 0 Å². The Bertz CT molecular complexity index is 867. The summed E-state index contributed by atoms with van der Waals surface area (Å²) in [6.07, 6.45) is 3.61. The molecule has 0 radical (unpaired) electrons. The maximum absolute atomic E-state index is 13.2. The summed E-state index contributed by atoms with van der Waals surface area (Å²) in [5.41, 5.74) is 5.78. The molecule has 162 valence electrons. The number of nitrogens with zero attached hydrogens (tertiary/aromatic N) is 3. The number of amides is 4. The number of primary amides is 1. The lowest BCUT2D eigenvalue weighted by atomic mass is 10.1. The first-order valence-corrected chi connectivity index (χ1v) is 9.61. The molecule has 0 spiro atoms. The van der Waals surface area contributed by atoms with E-state index in [1.165, 1.54) is 24.5 Å². The van der Waals surface area contributed by atoms with Crippen molar-refractivity contribution in [1.29, 1.82) is 0 Å². The Balaban J connectivity index is 1.78. The molecule has 4 N–H and O–H groups in total. The SMILES string of the molecule is COC(=O)n1cnc(CC(NC(=O)C2CCC(=O)N2)C(=O)N2CCCC2C(N)=O)c1. The molecule has 0 bridgehead atoms. The van der Waals surface area contributed by atoms with E-state index in [0.717, 1.165) is 4.57 Å². The van der Waals surface area contributed by atoms with Gasteiger partial charge in [-0.1, -0.05) is 0 Å². The average molecular weight is 420 g/mol. The fraction of sp³-hybridized carbons (Fsp3) is 0.556. The average Bonchev–Trinajstić information content (AvgIpc) is 3.46. The molecule has 12 nitrogen and oxygen atoms in total. The minimum absolute atomic E-state index is 0.0167. The van der Waals surface area contributed by atoms with E-state index in [1.807, 2.05) is 0 Å². The minimum atomic E-state index is -1.05. The van der Waals surface area contributed by atoms with Crippen LogP contribution in [0.15, 0.2) is 12.5 Å². The van der Waals surface area contributed by atoms with Crippen LogP contribution < -0.4 is 16.4 Å². The Morgan fingerprint density at radius 3 is 2.77 bits per heavy atom. The summed E-state index contributed by atoms with van der Waals surface area (Å²) < 4.78 is 5.72. The summed E-state index contributed by atoms with van der Waals surface area (Å²) in [7, 11) is 1.22. The number of rotatable bonds is 6. The van der Waals surface area contributed by atoms with Crippen LogP contribution in [0.3, 0.4) is 0 Å². The number of nitrogens with one attached hydrogen (secondary N) is 2. The second-order valence-corrected chi connectivity index (χ2v) is 7.26. The van der Waals surface area contributed by atoms with Gasteiger partial charge in [-0.25, -0.2) is 14.3 Å². The number of hydrogen-bond donors (Lipinski definition) is 3. The van der Waals surface area contributed by atoms with E-state index in [2.05, 4.69) is 20.4 Å². The highest BCUT2D eigenvalue weighted by molar-refractivity contribution is 5.95. The molecule has 3 rings (SSSR count). The van der Waals surface area contributed by atoms with Crippen LogP contribution in [0, 0.1) is 0 Å².